The standard InChI is InChI=1S/C33H52O9/c1-18(8-9-19(2)32(3,4)42-31-28(38)26(36)27(37)29(41-31)30(39)40)24-12-13-25-21(7-6-14-33(24,25)5)11-10-20-15-22(34)17-23(35)16-20/h8-11,18-19,22-29,31,34-38H,6-7,12-17H2,1-5H3,(H,39,40)/b9-8+,21-11+/t18-,19+,22-,23-,24-,25+,26+,27+,28-,29+,31+,33-/m1/s1. The van der Waals surface area contributed by atoms with Crippen molar-refractivity contribution in [3.05, 3.63) is 35.5 Å². The molecule has 1 aliphatic heterocycles. The van der Waals surface area contributed by atoms with Crippen LogP contribution in [0.25, 0.3) is 0 Å². The van der Waals surface area contributed by atoms with Crippen LogP contribution in [-0.2, 0) is 14.3 Å². The van der Waals surface area contributed by atoms with Crippen LogP contribution >= 0.6 is 0 Å². The predicted molar refractivity (Wildman–Crippen MR) is 157 cm³/mol. The Morgan fingerprint density at radius 2 is 1.67 bits per heavy atom. The maximum absolute atomic E-state index is 11.5. The van der Waals surface area contributed by atoms with Gasteiger partial charge in [0.2, 0.25) is 0 Å². The summed E-state index contributed by atoms with van der Waals surface area (Å²) in [4.78, 5) is 11.5. The second kappa shape index (κ2) is 13.2. The van der Waals surface area contributed by atoms with E-state index >= 15 is 0 Å². The highest BCUT2D eigenvalue weighted by Gasteiger charge is 2.51. The lowest BCUT2D eigenvalue weighted by Crippen LogP contribution is -2.61. The molecule has 238 valence electrons. The maximum Gasteiger partial charge on any atom is 0.335 e. The fourth-order valence-corrected chi connectivity index (χ4v) is 7.94. The van der Waals surface area contributed by atoms with Crippen LogP contribution in [-0.4, -0.2) is 85.1 Å². The Labute approximate surface area is 249 Å². The molecule has 0 spiro atoms. The number of ether oxygens (including phenoxy) is 2. The second-order valence-electron chi connectivity index (χ2n) is 14.1. The zero-order valence-corrected chi connectivity index (χ0v) is 25.7. The molecule has 4 rings (SSSR count). The summed E-state index contributed by atoms with van der Waals surface area (Å²) in [5.41, 5.74) is 1.95. The largest absolute Gasteiger partial charge is 0.479 e. The summed E-state index contributed by atoms with van der Waals surface area (Å²) in [6, 6.07) is 0. The predicted octanol–water partition coefficient (Wildman–Crippen LogP) is 3.48. The van der Waals surface area contributed by atoms with E-state index in [2.05, 4.69) is 38.2 Å². The lowest BCUT2D eigenvalue weighted by atomic mass is 9.61. The molecule has 0 aromatic rings. The number of rotatable bonds is 8. The molecule has 0 aromatic carbocycles. The van der Waals surface area contributed by atoms with Crippen LogP contribution < -0.4 is 0 Å². The second-order valence-corrected chi connectivity index (χ2v) is 14.1. The van der Waals surface area contributed by atoms with Crippen LogP contribution in [0.15, 0.2) is 35.5 Å². The van der Waals surface area contributed by atoms with Gasteiger partial charge in [0, 0.05) is 5.92 Å². The van der Waals surface area contributed by atoms with Crippen molar-refractivity contribution in [2.75, 3.05) is 0 Å². The molecule has 6 N–H and O–H groups in total. The van der Waals surface area contributed by atoms with Gasteiger partial charge in [0.15, 0.2) is 12.4 Å². The number of carboxylic acid groups (broad SMARTS) is 1. The van der Waals surface area contributed by atoms with E-state index in [-0.39, 0.29) is 11.3 Å². The summed E-state index contributed by atoms with van der Waals surface area (Å²) in [5, 5.41) is 60.0. The minimum atomic E-state index is -1.75. The molecule has 0 radical (unpaired) electrons. The molecule has 3 saturated carbocycles. The number of allylic oxidation sites excluding steroid dienone is 4. The molecule has 4 aliphatic rings. The highest BCUT2D eigenvalue weighted by atomic mass is 16.7. The lowest BCUT2D eigenvalue weighted by molar-refractivity contribution is -0.319. The highest BCUT2D eigenvalue weighted by molar-refractivity contribution is 5.73. The SMILES string of the molecule is C[C@H](/C=C/[C@H](C)C(C)(C)O[C@@H]1O[C@H](C(=O)O)[C@@H](O)[C@H](O)[C@H]1O)[C@H]1CC[C@H]2/C(=C/C=C3C[C@@H](O)C[C@H](O)C3)CCC[C@]12C. The number of aliphatic carboxylic acids is 1. The normalized spacial score (nSPS) is 42.0. The molecule has 0 aromatic heterocycles. The molecule has 0 amide bonds. The molecule has 3 aliphatic carbocycles. The van der Waals surface area contributed by atoms with Crippen molar-refractivity contribution in [1.29, 1.82) is 0 Å². The summed E-state index contributed by atoms with van der Waals surface area (Å²) in [6.45, 7) is 10.4. The van der Waals surface area contributed by atoms with Gasteiger partial charge < -0.3 is 40.1 Å². The van der Waals surface area contributed by atoms with Crippen LogP contribution in [0, 0.1) is 29.1 Å². The van der Waals surface area contributed by atoms with E-state index in [4.69, 9.17) is 9.47 Å². The third-order valence-corrected chi connectivity index (χ3v) is 10.8. The first-order valence-corrected chi connectivity index (χ1v) is 15.7. The quantitative estimate of drug-likeness (QED) is 0.232. The van der Waals surface area contributed by atoms with Gasteiger partial charge >= 0.3 is 5.97 Å². The van der Waals surface area contributed by atoms with Crippen LogP contribution in [0.5, 0.6) is 0 Å². The summed E-state index contributed by atoms with van der Waals surface area (Å²) in [6.07, 6.45) is 7.19. The molecule has 9 heteroatoms. The first-order chi connectivity index (χ1) is 19.6. The van der Waals surface area contributed by atoms with Gasteiger partial charge in [-0.1, -0.05) is 56.2 Å². The number of aliphatic hydroxyl groups is 5. The summed E-state index contributed by atoms with van der Waals surface area (Å²) < 4.78 is 11.4. The van der Waals surface area contributed by atoms with E-state index < -0.39 is 54.5 Å². The van der Waals surface area contributed by atoms with Crippen LogP contribution in [0.2, 0.25) is 0 Å². The van der Waals surface area contributed by atoms with Crippen molar-refractivity contribution >= 4 is 5.97 Å². The zero-order chi connectivity index (χ0) is 31.0. The molecule has 1 saturated heterocycles. The molecule has 4 fully saturated rings. The van der Waals surface area contributed by atoms with Crippen LogP contribution in [0.1, 0.15) is 86.0 Å². The molecule has 42 heavy (non-hydrogen) atoms. The fourth-order valence-electron chi connectivity index (χ4n) is 7.94. The Bertz CT molecular complexity index is 1040. The average molecular weight is 593 g/mol. The van der Waals surface area contributed by atoms with Gasteiger partial charge in [-0.15, -0.1) is 0 Å². The van der Waals surface area contributed by atoms with Crippen molar-refractivity contribution in [1.82, 2.24) is 0 Å². The number of hydrogen-bond acceptors (Lipinski definition) is 8. The van der Waals surface area contributed by atoms with Gasteiger partial charge in [0.05, 0.1) is 17.8 Å². The van der Waals surface area contributed by atoms with Gasteiger partial charge in [-0.25, -0.2) is 4.79 Å². The molecular weight excluding hydrogens is 540 g/mol. The molecular formula is C33H52O9. The number of hydrogen-bond donors (Lipinski definition) is 6. The first kappa shape index (κ1) is 33.3. The topological polar surface area (TPSA) is 157 Å². The molecule has 12 atom stereocenters. The summed E-state index contributed by atoms with van der Waals surface area (Å²) >= 11 is 0. The third kappa shape index (κ3) is 7.04. The van der Waals surface area contributed by atoms with E-state index in [1.807, 2.05) is 20.8 Å². The van der Waals surface area contributed by atoms with Crippen molar-refractivity contribution < 1.29 is 44.9 Å². The van der Waals surface area contributed by atoms with E-state index in [0.29, 0.717) is 37.0 Å². The van der Waals surface area contributed by atoms with Crippen LogP contribution in [0.4, 0.5) is 0 Å². The van der Waals surface area contributed by atoms with E-state index in [1.54, 1.807) is 0 Å². The monoisotopic (exact) mass is 592 g/mol. The zero-order valence-electron chi connectivity index (χ0n) is 25.7. The lowest BCUT2D eigenvalue weighted by Gasteiger charge is -2.44. The number of carboxylic acids is 1. The fraction of sp³-hybridized carbons (Fsp3) is 0.788. The molecule has 9 nitrogen and oxygen atoms in total. The van der Waals surface area contributed by atoms with E-state index in [1.165, 1.54) is 12.0 Å². The first-order valence-electron chi connectivity index (χ1n) is 15.7. The van der Waals surface area contributed by atoms with Gasteiger partial charge in [-0.2, -0.15) is 0 Å². The number of fused-ring (bicyclic) bond motifs is 1. The minimum Gasteiger partial charge on any atom is -0.479 e. The van der Waals surface area contributed by atoms with Gasteiger partial charge in [0.25, 0.3) is 0 Å². The van der Waals surface area contributed by atoms with Gasteiger partial charge in [-0.3, -0.25) is 0 Å². The van der Waals surface area contributed by atoms with E-state index in [0.717, 1.165) is 31.3 Å². The van der Waals surface area contributed by atoms with Crippen LogP contribution in [0.3, 0.4) is 0 Å². The molecule has 0 unspecified atom stereocenters. The van der Waals surface area contributed by atoms with Gasteiger partial charge in [-0.05, 0) is 88.4 Å². The Morgan fingerprint density at radius 1 is 1.00 bits per heavy atom. The van der Waals surface area contributed by atoms with Gasteiger partial charge in [0.1, 0.15) is 18.3 Å². The Morgan fingerprint density at radius 3 is 2.31 bits per heavy atom. The highest BCUT2D eigenvalue weighted by Crippen LogP contribution is 2.59. The Hall–Kier alpha value is -1.59. The van der Waals surface area contributed by atoms with Crippen molar-refractivity contribution in [3.8, 4) is 0 Å². The summed E-state index contributed by atoms with van der Waals surface area (Å²) in [5.74, 6) is -0.198. The minimum absolute atomic E-state index is 0.123. The smallest absolute Gasteiger partial charge is 0.335 e. The molecule has 0 bridgehead atoms. The average Bonchev–Trinajstić information content (AvgIpc) is 3.27. The third-order valence-electron chi connectivity index (χ3n) is 10.8. The van der Waals surface area contributed by atoms with E-state index in [9.17, 15) is 35.4 Å². The molecule has 1 heterocycles. The van der Waals surface area contributed by atoms with Crippen molar-refractivity contribution in [3.63, 3.8) is 0 Å². The Kier molecular flexibility index (Phi) is 10.5. The van der Waals surface area contributed by atoms with Crippen molar-refractivity contribution in [2.45, 2.75) is 135 Å². The number of aliphatic hydroxyl groups excluding tert-OH is 5. The maximum atomic E-state index is 11.5. The van der Waals surface area contributed by atoms with Crippen molar-refractivity contribution in [2.24, 2.45) is 29.1 Å². The Balaban J connectivity index is 1.40. The summed E-state index contributed by atoms with van der Waals surface area (Å²) in [7, 11) is 0. The number of carbonyl (C=O) groups is 1.